The summed E-state index contributed by atoms with van der Waals surface area (Å²) in [7, 11) is 0. The monoisotopic (exact) mass is 292 g/mol. The van der Waals surface area contributed by atoms with Gasteiger partial charge in [0.25, 0.3) is 0 Å². The van der Waals surface area contributed by atoms with Crippen molar-refractivity contribution in [1.29, 1.82) is 0 Å². The van der Waals surface area contributed by atoms with Crippen LogP contribution in [0, 0.1) is 12.8 Å². The fourth-order valence-corrected chi connectivity index (χ4v) is 3.57. The van der Waals surface area contributed by atoms with Crippen molar-refractivity contribution >= 4 is 11.3 Å². The lowest BCUT2D eigenvalue weighted by molar-refractivity contribution is 0.249. The Morgan fingerprint density at radius 2 is 2.20 bits per heavy atom. The van der Waals surface area contributed by atoms with Gasteiger partial charge in [0.15, 0.2) is 5.82 Å². The van der Waals surface area contributed by atoms with Gasteiger partial charge in [-0.05, 0) is 32.2 Å². The molecule has 2 unspecified atom stereocenters. The molecule has 2 atom stereocenters. The van der Waals surface area contributed by atoms with E-state index in [0.29, 0.717) is 24.8 Å². The first kappa shape index (κ1) is 13.7. The fourth-order valence-electron chi connectivity index (χ4n) is 2.96. The van der Waals surface area contributed by atoms with E-state index < -0.39 is 0 Å². The zero-order chi connectivity index (χ0) is 13.9. The van der Waals surface area contributed by atoms with E-state index in [-0.39, 0.29) is 0 Å². The predicted octanol–water partition coefficient (Wildman–Crippen LogP) is 2.66. The van der Waals surface area contributed by atoms with Crippen molar-refractivity contribution in [3.63, 3.8) is 0 Å². The Morgan fingerprint density at radius 1 is 1.35 bits per heavy atom. The van der Waals surface area contributed by atoms with Gasteiger partial charge in [0.05, 0.1) is 17.1 Å². The Morgan fingerprint density at radius 3 is 2.95 bits per heavy atom. The molecule has 0 spiro atoms. The third-order valence-corrected chi connectivity index (χ3v) is 4.84. The first-order valence-electron chi connectivity index (χ1n) is 7.20. The normalized spacial score (nSPS) is 23.1. The molecule has 1 aliphatic rings. The van der Waals surface area contributed by atoms with Crippen LogP contribution in [0.2, 0.25) is 0 Å². The van der Waals surface area contributed by atoms with Gasteiger partial charge in [-0.15, -0.1) is 11.3 Å². The molecular weight excluding hydrogens is 272 g/mol. The summed E-state index contributed by atoms with van der Waals surface area (Å²) in [5.41, 5.74) is 6.88. The molecule has 6 heteroatoms. The Balaban J connectivity index is 1.72. The van der Waals surface area contributed by atoms with E-state index in [1.807, 2.05) is 6.92 Å². The van der Waals surface area contributed by atoms with Crippen molar-refractivity contribution in [2.75, 3.05) is 6.54 Å². The van der Waals surface area contributed by atoms with Crippen molar-refractivity contribution in [2.45, 2.75) is 44.9 Å². The highest BCUT2D eigenvalue weighted by atomic mass is 32.1. The SMILES string of the molecule is Cc1nc(Cc2noc(C3CCCCC3CN)n2)cs1. The number of hydrogen-bond donors (Lipinski definition) is 1. The number of nitrogens with zero attached hydrogens (tertiary/aromatic N) is 3. The molecule has 0 radical (unpaired) electrons. The molecule has 3 rings (SSSR count). The lowest BCUT2D eigenvalue weighted by Gasteiger charge is -2.27. The van der Waals surface area contributed by atoms with E-state index in [9.17, 15) is 0 Å². The number of aryl methyl sites for hydroxylation is 1. The van der Waals surface area contributed by atoms with Crippen molar-refractivity contribution in [3.8, 4) is 0 Å². The van der Waals surface area contributed by atoms with Crippen LogP contribution in [0.3, 0.4) is 0 Å². The molecule has 2 aromatic rings. The van der Waals surface area contributed by atoms with Crippen LogP contribution in [0.5, 0.6) is 0 Å². The summed E-state index contributed by atoms with van der Waals surface area (Å²) < 4.78 is 5.47. The highest BCUT2D eigenvalue weighted by molar-refractivity contribution is 7.09. The average molecular weight is 292 g/mol. The largest absolute Gasteiger partial charge is 0.339 e. The van der Waals surface area contributed by atoms with Gasteiger partial charge in [0, 0.05) is 11.3 Å². The van der Waals surface area contributed by atoms with Crippen LogP contribution in [-0.2, 0) is 6.42 Å². The zero-order valence-electron chi connectivity index (χ0n) is 11.7. The van der Waals surface area contributed by atoms with E-state index in [4.69, 9.17) is 10.3 Å². The quantitative estimate of drug-likeness (QED) is 0.937. The highest BCUT2D eigenvalue weighted by Gasteiger charge is 2.29. The maximum absolute atomic E-state index is 5.87. The van der Waals surface area contributed by atoms with Crippen molar-refractivity contribution in [3.05, 3.63) is 27.8 Å². The van der Waals surface area contributed by atoms with Crippen molar-refractivity contribution < 1.29 is 4.52 Å². The van der Waals surface area contributed by atoms with E-state index in [1.54, 1.807) is 11.3 Å². The maximum atomic E-state index is 5.87. The molecule has 5 nitrogen and oxygen atoms in total. The minimum absolute atomic E-state index is 0.340. The lowest BCUT2D eigenvalue weighted by Crippen LogP contribution is -2.25. The Labute approximate surface area is 122 Å². The summed E-state index contributed by atoms with van der Waals surface area (Å²) in [5.74, 6) is 2.32. The number of rotatable bonds is 4. The Hall–Kier alpha value is -1.27. The third kappa shape index (κ3) is 2.91. The molecule has 0 bridgehead atoms. The topological polar surface area (TPSA) is 77.8 Å². The third-order valence-electron chi connectivity index (χ3n) is 4.02. The minimum atomic E-state index is 0.340. The van der Waals surface area contributed by atoms with Crippen LogP contribution < -0.4 is 5.73 Å². The van der Waals surface area contributed by atoms with Crippen LogP contribution in [-0.4, -0.2) is 21.7 Å². The molecule has 2 aromatic heterocycles. The summed E-state index contributed by atoms with van der Waals surface area (Å²) >= 11 is 1.65. The van der Waals surface area contributed by atoms with Gasteiger partial charge >= 0.3 is 0 Å². The number of thiazole rings is 1. The number of hydrogen-bond acceptors (Lipinski definition) is 6. The second kappa shape index (κ2) is 6.01. The van der Waals surface area contributed by atoms with Gasteiger partial charge in [-0.2, -0.15) is 4.98 Å². The van der Waals surface area contributed by atoms with Gasteiger partial charge in [-0.1, -0.05) is 18.0 Å². The second-order valence-corrected chi connectivity index (χ2v) is 6.53. The first-order chi connectivity index (χ1) is 9.76. The molecule has 1 saturated carbocycles. The van der Waals surface area contributed by atoms with Crippen LogP contribution in [0.15, 0.2) is 9.90 Å². The summed E-state index contributed by atoms with van der Waals surface area (Å²) in [6.07, 6.45) is 5.42. The molecule has 20 heavy (non-hydrogen) atoms. The van der Waals surface area contributed by atoms with E-state index in [0.717, 1.165) is 28.8 Å². The molecule has 0 saturated heterocycles. The summed E-state index contributed by atoms with van der Waals surface area (Å²) in [4.78, 5) is 9.00. The van der Waals surface area contributed by atoms with Crippen molar-refractivity contribution in [1.82, 2.24) is 15.1 Å². The fraction of sp³-hybridized carbons (Fsp3) is 0.643. The highest BCUT2D eigenvalue weighted by Crippen LogP contribution is 2.36. The van der Waals surface area contributed by atoms with Gasteiger partial charge in [-0.3, -0.25) is 0 Å². The summed E-state index contributed by atoms with van der Waals surface area (Å²) in [6.45, 7) is 2.71. The van der Waals surface area contributed by atoms with Gasteiger partial charge < -0.3 is 10.3 Å². The van der Waals surface area contributed by atoms with Crippen LogP contribution in [0.1, 0.15) is 54.0 Å². The van der Waals surface area contributed by atoms with Gasteiger partial charge in [0.2, 0.25) is 5.89 Å². The molecule has 0 aliphatic heterocycles. The molecule has 0 aromatic carbocycles. The molecule has 1 fully saturated rings. The van der Waals surface area contributed by atoms with E-state index >= 15 is 0 Å². The molecular formula is C14H20N4OS. The average Bonchev–Trinajstić information content (AvgIpc) is 3.08. The van der Waals surface area contributed by atoms with Crippen LogP contribution >= 0.6 is 11.3 Å². The summed E-state index contributed by atoms with van der Waals surface area (Å²) in [5, 5.41) is 7.22. The molecule has 108 valence electrons. The molecule has 2 heterocycles. The predicted molar refractivity (Wildman–Crippen MR) is 77.7 cm³/mol. The van der Waals surface area contributed by atoms with Gasteiger partial charge in [-0.25, -0.2) is 4.98 Å². The smallest absolute Gasteiger partial charge is 0.230 e. The Kier molecular flexibility index (Phi) is 4.12. The zero-order valence-corrected chi connectivity index (χ0v) is 12.5. The standard InChI is InChI=1S/C14H20N4OS/c1-9-16-11(8-20-9)6-13-17-14(19-18-13)12-5-3-2-4-10(12)7-15/h8,10,12H,2-7,15H2,1H3. The lowest BCUT2D eigenvalue weighted by atomic mass is 9.79. The van der Waals surface area contributed by atoms with Crippen LogP contribution in [0.25, 0.3) is 0 Å². The molecule has 2 N–H and O–H groups in total. The number of aromatic nitrogens is 3. The summed E-state index contributed by atoms with van der Waals surface area (Å²) in [6, 6.07) is 0. The van der Waals surface area contributed by atoms with Gasteiger partial charge in [0.1, 0.15) is 0 Å². The Bertz CT molecular complexity index is 565. The maximum Gasteiger partial charge on any atom is 0.230 e. The minimum Gasteiger partial charge on any atom is -0.339 e. The van der Waals surface area contributed by atoms with Crippen LogP contribution in [0.4, 0.5) is 0 Å². The first-order valence-corrected chi connectivity index (χ1v) is 8.07. The second-order valence-electron chi connectivity index (χ2n) is 5.47. The molecule has 1 aliphatic carbocycles. The number of nitrogens with two attached hydrogens (primary N) is 1. The molecule has 0 amide bonds. The van der Waals surface area contributed by atoms with E-state index in [2.05, 4.69) is 20.5 Å². The van der Waals surface area contributed by atoms with E-state index in [1.165, 1.54) is 19.3 Å². The van der Waals surface area contributed by atoms with Crippen molar-refractivity contribution in [2.24, 2.45) is 11.7 Å².